The minimum absolute atomic E-state index is 0.374. The molecule has 1 N–H and O–H groups in total. The number of para-hydroxylation sites is 1. The van der Waals surface area contributed by atoms with Gasteiger partial charge < -0.3 is 14.8 Å². The second-order valence-corrected chi connectivity index (χ2v) is 5.57. The summed E-state index contributed by atoms with van der Waals surface area (Å²) in [6.45, 7) is 8.78. The van der Waals surface area contributed by atoms with Crippen LogP contribution < -0.4 is 10.1 Å². The van der Waals surface area contributed by atoms with Crippen molar-refractivity contribution in [1.29, 1.82) is 0 Å². The maximum absolute atomic E-state index is 5.64. The van der Waals surface area contributed by atoms with E-state index in [2.05, 4.69) is 24.4 Å². The van der Waals surface area contributed by atoms with Crippen LogP contribution in [-0.4, -0.2) is 26.4 Å². The summed E-state index contributed by atoms with van der Waals surface area (Å²) in [4.78, 5) is 0. The fourth-order valence-corrected chi connectivity index (χ4v) is 2.49. The number of rotatable bonds is 6. The van der Waals surface area contributed by atoms with Crippen molar-refractivity contribution in [2.45, 2.75) is 33.2 Å². The van der Waals surface area contributed by atoms with Gasteiger partial charge in [0.1, 0.15) is 5.75 Å². The van der Waals surface area contributed by atoms with Crippen LogP contribution >= 0.6 is 0 Å². The highest BCUT2D eigenvalue weighted by atomic mass is 16.5. The van der Waals surface area contributed by atoms with Gasteiger partial charge in [0.15, 0.2) is 0 Å². The first-order valence-corrected chi connectivity index (χ1v) is 7.23. The molecular weight excluding hydrogens is 238 g/mol. The number of benzene rings is 1. The van der Waals surface area contributed by atoms with Crippen LogP contribution in [-0.2, 0) is 11.3 Å². The molecule has 0 aliphatic carbocycles. The summed E-state index contributed by atoms with van der Waals surface area (Å²) in [6, 6.07) is 8.25. The fourth-order valence-electron chi connectivity index (χ4n) is 2.49. The lowest BCUT2D eigenvalue weighted by Gasteiger charge is -2.33. The van der Waals surface area contributed by atoms with Gasteiger partial charge in [-0.25, -0.2) is 0 Å². The van der Waals surface area contributed by atoms with Crippen molar-refractivity contribution in [1.82, 2.24) is 5.32 Å². The number of hydrogen-bond acceptors (Lipinski definition) is 3. The van der Waals surface area contributed by atoms with Gasteiger partial charge in [0.2, 0.25) is 0 Å². The van der Waals surface area contributed by atoms with Crippen LogP contribution in [0.2, 0.25) is 0 Å². The Morgan fingerprint density at radius 3 is 2.74 bits per heavy atom. The zero-order valence-electron chi connectivity index (χ0n) is 12.1. The minimum atomic E-state index is 0.374. The second-order valence-electron chi connectivity index (χ2n) is 5.57. The van der Waals surface area contributed by atoms with Crippen molar-refractivity contribution in [3.05, 3.63) is 29.8 Å². The Bertz CT molecular complexity index is 386. The summed E-state index contributed by atoms with van der Waals surface area (Å²) in [5.74, 6) is 0.995. The molecule has 0 bridgehead atoms. The molecule has 0 aromatic heterocycles. The SMILES string of the molecule is CCOc1ccccc1CNCC1(C)CCOCC1. The van der Waals surface area contributed by atoms with E-state index in [1.165, 1.54) is 5.56 Å². The van der Waals surface area contributed by atoms with E-state index in [-0.39, 0.29) is 0 Å². The topological polar surface area (TPSA) is 30.5 Å². The fraction of sp³-hybridized carbons (Fsp3) is 0.625. The van der Waals surface area contributed by atoms with Gasteiger partial charge in [0.25, 0.3) is 0 Å². The molecule has 3 nitrogen and oxygen atoms in total. The van der Waals surface area contributed by atoms with E-state index in [4.69, 9.17) is 9.47 Å². The van der Waals surface area contributed by atoms with Crippen molar-refractivity contribution in [2.24, 2.45) is 5.41 Å². The molecule has 2 rings (SSSR count). The zero-order chi connectivity index (χ0) is 13.6. The maximum atomic E-state index is 5.64. The molecule has 1 aliphatic rings. The van der Waals surface area contributed by atoms with Crippen LogP contribution in [0.4, 0.5) is 0 Å². The number of ether oxygens (including phenoxy) is 2. The van der Waals surface area contributed by atoms with Crippen molar-refractivity contribution in [2.75, 3.05) is 26.4 Å². The summed E-state index contributed by atoms with van der Waals surface area (Å²) in [5.41, 5.74) is 1.61. The maximum Gasteiger partial charge on any atom is 0.123 e. The minimum Gasteiger partial charge on any atom is -0.494 e. The van der Waals surface area contributed by atoms with Crippen LogP contribution in [0.25, 0.3) is 0 Å². The van der Waals surface area contributed by atoms with Crippen LogP contribution in [0.15, 0.2) is 24.3 Å². The first-order chi connectivity index (χ1) is 9.23. The lowest BCUT2D eigenvalue weighted by molar-refractivity contribution is 0.0240. The molecule has 0 radical (unpaired) electrons. The van der Waals surface area contributed by atoms with Crippen molar-refractivity contribution in [3.63, 3.8) is 0 Å². The van der Waals surface area contributed by atoms with Crippen LogP contribution in [0, 0.1) is 5.41 Å². The molecule has 0 unspecified atom stereocenters. The molecule has 0 atom stereocenters. The van der Waals surface area contributed by atoms with Gasteiger partial charge in [-0.15, -0.1) is 0 Å². The quantitative estimate of drug-likeness (QED) is 0.856. The average molecular weight is 263 g/mol. The Kier molecular flexibility index (Phi) is 5.23. The highest BCUT2D eigenvalue weighted by molar-refractivity contribution is 5.33. The van der Waals surface area contributed by atoms with Crippen LogP contribution in [0.1, 0.15) is 32.3 Å². The van der Waals surface area contributed by atoms with E-state index in [1.54, 1.807) is 0 Å². The standard InChI is InChI=1S/C16H25NO2/c1-3-19-15-7-5-4-6-14(15)12-17-13-16(2)8-10-18-11-9-16/h4-7,17H,3,8-13H2,1-2H3. The largest absolute Gasteiger partial charge is 0.494 e. The smallest absolute Gasteiger partial charge is 0.123 e. The van der Waals surface area contributed by atoms with Gasteiger partial charge >= 0.3 is 0 Å². The normalized spacial score (nSPS) is 18.2. The zero-order valence-corrected chi connectivity index (χ0v) is 12.1. The molecule has 1 heterocycles. The predicted octanol–water partition coefficient (Wildman–Crippen LogP) is 2.99. The lowest BCUT2D eigenvalue weighted by atomic mass is 9.82. The van der Waals surface area contributed by atoms with Crippen molar-refractivity contribution < 1.29 is 9.47 Å². The number of hydrogen-bond donors (Lipinski definition) is 1. The molecule has 106 valence electrons. The third kappa shape index (κ3) is 4.22. The first kappa shape index (κ1) is 14.4. The molecule has 1 aromatic rings. The molecule has 0 saturated carbocycles. The molecular formula is C16H25NO2. The lowest BCUT2D eigenvalue weighted by Crippen LogP contribution is -2.36. The number of nitrogens with one attached hydrogen (secondary N) is 1. The summed E-state index contributed by atoms with van der Waals surface area (Å²) < 4.78 is 11.1. The van der Waals surface area contributed by atoms with Gasteiger partial charge in [0.05, 0.1) is 6.61 Å². The molecule has 1 saturated heterocycles. The first-order valence-electron chi connectivity index (χ1n) is 7.23. The van der Waals surface area contributed by atoms with E-state index < -0.39 is 0 Å². The molecule has 1 aliphatic heterocycles. The van der Waals surface area contributed by atoms with Gasteiger partial charge in [-0.3, -0.25) is 0 Å². The third-order valence-electron chi connectivity index (χ3n) is 3.84. The molecule has 3 heteroatoms. The van der Waals surface area contributed by atoms with E-state index in [0.29, 0.717) is 12.0 Å². The highest BCUT2D eigenvalue weighted by Gasteiger charge is 2.26. The molecule has 0 amide bonds. The molecule has 1 aromatic carbocycles. The van der Waals surface area contributed by atoms with E-state index in [1.807, 2.05) is 19.1 Å². The van der Waals surface area contributed by atoms with E-state index in [9.17, 15) is 0 Å². The molecule has 1 fully saturated rings. The Morgan fingerprint density at radius 1 is 1.26 bits per heavy atom. The Morgan fingerprint density at radius 2 is 2.00 bits per heavy atom. The Hall–Kier alpha value is -1.06. The summed E-state index contributed by atoms with van der Waals surface area (Å²) >= 11 is 0. The van der Waals surface area contributed by atoms with Crippen LogP contribution in [0.5, 0.6) is 5.75 Å². The molecule has 19 heavy (non-hydrogen) atoms. The molecule has 0 spiro atoms. The highest BCUT2D eigenvalue weighted by Crippen LogP contribution is 2.29. The Balaban J connectivity index is 1.85. The van der Waals surface area contributed by atoms with Gasteiger partial charge in [0, 0.05) is 31.9 Å². The van der Waals surface area contributed by atoms with Crippen molar-refractivity contribution >= 4 is 0 Å². The third-order valence-corrected chi connectivity index (χ3v) is 3.84. The average Bonchev–Trinajstić information content (AvgIpc) is 2.42. The van der Waals surface area contributed by atoms with Gasteiger partial charge in [-0.1, -0.05) is 25.1 Å². The van der Waals surface area contributed by atoms with E-state index >= 15 is 0 Å². The monoisotopic (exact) mass is 263 g/mol. The van der Waals surface area contributed by atoms with Gasteiger partial charge in [-0.05, 0) is 31.2 Å². The van der Waals surface area contributed by atoms with Crippen molar-refractivity contribution in [3.8, 4) is 5.75 Å². The summed E-state index contributed by atoms with van der Waals surface area (Å²) in [7, 11) is 0. The summed E-state index contributed by atoms with van der Waals surface area (Å²) in [6.07, 6.45) is 2.29. The Labute approximate surface area is 116 Å². The second kappa shape index (κ2) is 6.92. The summed E-state index contributed by atoms with van der Waals surface area (Å²) in [5, 5.41) is 3.58. The predicted molar refractivity (Wildman–Crippen MR) is 77.5 cm³/mol. The van der Waals surface area contributed by atoms with E-state index in [0.717, 1.165) is 44.9 Å². The van der Waals surface area contributed by atoms with Crippen LogP contribution in [0.3, 0.4) is 0 Å². The van der Waals surface area contributed by atoms with Gasteiger partial charge in [-0.2, -0.15) is 0 Å².